The summed E-state index contributed by atoms with van der Waals surface area (Å²) in [5.74, 6) is 1.62. The van der Waals surface area contributed by atoms with Gasteiger partial charge in [-0.25, -0.2) is 9.97 Å². The van der Waals surface area contributed by atoms with Crippen molar-refractivity contribution in [2.75, 3.05) is 23.0 Å². The highest BCUT2D eigenvalue weighted by atomic mass is 35.5. The number of nitrogens with one attached hydrogen (secondary N) is 1. The number of ether oxygens (including phenoxy) is 1. The quantitative estimate of drug-likeness (QED) is 0.667. The zero-order chi connectivity index (χ0) is 20.9. The number of aromatic nitrogens is 2. The molecule has 1 fully saturated rings. The molecule has 0 saturated carbocycles. The Kier molecular flexibility index (Phi) is 6.65. The third-order valence-electron chi connectivity index (χ3n) is 5.17. The SMILES string of the molecule is CCCc1cnc(N2CCC(OC3=CNN(c4ccc(Cl)c(Cl)c4)C=C3)CC2)nc1. The van der Waals surface area contributed by atoms with Gasteiger partial charge in [0, 0.05) is 44.5 Å². The van der Waals surface area contributed by atoms with E-state index in [0.29, 0.717) is 10.0 Å². The van der Waals surface area contributed by atoms with E-state index in [9.17, 15) is 0 Å². The lowest BCUT2D eigenvalue weighted by Crippen LogP contribution is -2.38. The third-order valence-corrected chi connectivity index (χ3v) is 5.91. The van der Waals surface area contributed by atoms with Crippen LogP contribution in [0, 0.1) is 0 Å². The molecule has 0 aliphatic carbocycles. The Morgan fingerprint density at radius 3 is 2.53 bits per heavy atom. The van der Waals surface area contributed by atoms with E-state index in [2.05, 4.69) is 27.2 Å². The highest BCUT2D eigenvalue weighted by Gasteiger charge is 2.23. The van der Waals surface area contributed by atoms with E-state index < -0.39 is 0 Å². The minimum atomic E-state index is 0.176. The molecule has 158 valence electrons. The van der Waals surface area contributed by atoms with E-state index in [1.54, 1.807) is 6.07 Å². The van der Waals surface area contributed by atoms with E-state index in [-0.39, 0.29) is 6.10 Å². The fourth-order valence-corrected chi connectivity index (χ4v) is 3.83. The van der Waals surface area contributed by atoms with Crippen LogP contribution in [0.15, 0.2) is 54.8 Å². The summed E-state index contributed by atoms with van der Waals surface area (Å²) in [6.07, 6.45) is 13.8. The highest BCUT2D eigenvalue weighted by molar-refractivity contribution is 6.42. The zero-order valence-corrected chi connectivity index (χ0v) is 18.4. The predicted octanol–water partition coefficient (Wildman–Crippen LogP) is 5.10. The van der Waals surface area contributed by atoms with E-state index in [0.717, 1.165) is 56.2 Å². The number of anilines is 2. The molecule has 1 aromatic heterocycles. The van der Waals surface area contributed by atoms with Gasteiger partial charge in [0.1, 0.15) is 11.9 Å². The zero-order valence-electron chi connectivity index (χ0n) is 16.9. The Morgan fingerprint density at radius 2 is 1.90 bits per heavy atom. The maximum absolute atomic E-state index is 6.17. The van der Waals surface area contributed by atoms with Gasteiger partial charge in [-0.05, 0) is 36.3 Å². The van der Waals surface area contributed by atoms with Crippen molar-refractivity contribution in [1.82, 2.24) is 15.4 Å². The van der Waals surface area contributed by atoms with Crippen molar-refractivity contribution >= 4 is 34.8 Å². The van der Waals surface area contributed by atoms with Gasteiger partial charge in [-0.15, -0.1) is 0 Å². The van der Waals surface area contributed by atoms with Gasteiger partial charge in [0.2, 0.25) is 5.95 Å². The normalized spacial score (nSPS) is 17.0. The lowest BCUT2D eigenvalue weighted by Gasteiger charge is -2.33. The lowest BCUT2D eigenvalue weighted by molar-refractivity contribution is 0.0999. The molecule has 0 radical (unpaired) electrons. The number of hydrogen-bond acceptors (Lipinski definition) is 6. The van der Waals surface area contributed by atoms with Crippen molar-refractivity contribution in [3.8, 4) is 0 Å². The van der Waals surface area contributed by atoms with Crippen LogP contribution in [-0.4, -0.2) is 29.2 Å². The molecular formula is C22H25Cl2N5O. The summed E-state index contributed by atoms with van der Waals surface area (Å²) in [6, 6.07) is 5.49. The lowest BCUT2D eigenvalue weighted by atomic mass is 10.1. The molecular weight excluding hydrogens is 421 g/mol. The second-order valence-electron chi connectivity index (χ2n) is 7.41. The molecule has 0 bridgehead atoms. The Labute approximate surface area is 187 Å². The molecule has 0 atom stereocenters. The summed E-state index contributed by atoms with van der Waals surface area (Å²) in [4.78, 5) is 11.3. The number of aryl methyl sites for hydroxylation is 1. The highest BCUT2D eigenvalue weighted by Crippen LogP contribution is 2.28. The number of nitrogens with zero attached hydrogens (tertiary/aromatic N) is 4. The summed E-state index contributed by atoms with van der Waals surface area (Å²) < 4.78 is 6.17. The number of benzene rings is 1. The third kappa shape index (κ3) is 4.99. The fourth-order valence-electron chi connectivity index (χ4n) is 3.54. The molecule has 1 aromatic carbocycles. The molecule has 0 spiro atoms. The summed E-state index contributed by atoms with van der Waals surface area (Å²) in [7, 11) is 0. The molecule has 8 heteroatoms. The molecule has 30 heavy (non-hydrogen) atoms. The number of hydrazine groups is 1. The average Bonchev–Trinajstić information content (AvgIpc) is 2.78. The summed E-state index contributed by atoms with van der Waals surface area (Å²) in [6.45, 7) is 3.94. The molecule has 0 amide bonds. The molecule has 2 aromatic rings. The van der Waals surface area contributed by atoms with Crippen LogP contribution in [0.25, 0.3) is 0 Å². The van der Waals surface area contributed by atoms with Gasteiger partial charge in [0.15, 0.2) is 0 Å². The molecule has 3 heterocycles. The van der Waals surface area contributed by atoms with Crippen molar-refractivity contribution in [1.29, 1.82) is 0 Å². The van der Waals surface area contributed by atoms with Crippen LogP contribution in [0.2, 0.25) is 10.0 Å². The maximum atomic E-state index is 6.17. The van der Waals surface area contributed by atoms with Gasteiger partial charge in [-0.2, -0.15) is 0 Å². The molecule has 4 rings (SSSR count). The Balaban J connectivity index is 1.27. The van der Waals surface area contributed by atoms with E-state index >= 15 is 0 Å². The first-order valence-corrected chi connectivity index (χ1v) is 11.0. The Hall–Kier alpha value is -2.44. The van der Waals surface area contributed by atoms with Crippen LogP contribution in [0.4, 0.5) is 11.6 Å². The first kappa shape index (κ1) is 20.8. The van der Waals surface area contributed by atoms with E-state index in [1.165, 1.54) is 5.56 Å². The summed E-state index contributed by atoms with van der Waals surface area (Å²) >= 11 is 12.1. The van der Waals surface area contributed by atoms with Crippen molar-refractivity contribution in [2.24, 2.45) is 0 Å². The monoisotopic (exact) mass is 445 g/mol. The molecule has 6 nitrogen and oxygen atoms in total. The molecule has 0 unspecified atom stereocenters. The minimum absolute atomic E-state index is 0.176. The standard InChI is InChI=1S/C22H25Cl2N5O/c1-2-3-16-13-25-22(26-14-16)28-9-6-18(7-10-28)30-19-8-11-29(27-15-19)17-4-5-20(23)21(24)12-17/h4-5,8,11-15,18,27H,2-3,6-7,9-10H2,1H3. The Morgan fingerprint density at radius 1 is 1.13 bits per heavy atom. The fraction of sp³-hybridized carbons (Fsp3) is 0.364. The second kappa shape index (κ2) is 9.58. The van der Waals surface area contributed by atoms with Crippen LogP contribution in [0.5, 0.6) is 0 Å². The van der Waals surface area contributed by atoms with Crippen molar-refractivity contribution in [3.05, 3.63) is 70.4 Å². The van der Waals surface area contributed by atoms with Crippen molar-refractivity contribution in [3.63, 3.8) is 0 Å². The summed E-state index contributed by atoms with van der Waals surface area (Å²) in [5, 5.41) is 2.91. The van der Waals surface area contributed by atoms with Crippen molar-refractivity contribution in [2.45, 2.75) is 38.7 Å². The first-order valence-electron chi connectivity index (χ1n) is 10.2. The summed E-state index contributed by atoms with van der Waals surface area (Å²) in [5.41, 5.74) is 5.29. The maximum Gasteiger partial charge on any atom is 0.225 e. The van der Waals surface area contributed by atoms with Gasteiger partial charge in [-0.1, -0.05) is 36.5 Å². The molecule has 1 saturated heterocycles. The molecule has 1 N–H and O–H groups in total. The van der Waals surface area contributed by atoms with Gasteiger partial charge >= 0.3 is 0 Å². The van der Waals surface area contributed by atoms with Crippen LogP contribution in [0.3, 0.4) is 0 Å². The molecule has 2 aliphatic rings. The van der Waals surface area contributed by atoms with Crippen LogP contribution < -0.4 is 15.3 Å². The number of piperidine rings is 1. The van der Waals surface area contributed by atoms with Crippen LogP contribution in [-0.2, 0) is 11.2 Å². The van der Waals surface area contributed by atoms with Crippen molar-refractivity contribution < 1.29 is 4.74 Å². The Bertz CT molecular complexity index is 924. The average molecular weight is 446 g/mol. The van der Waals surface area contributed by atoms with E-state index in [4.69, 9.17) is 27.9 Å². The first-order chi connectivity index (χ1) is 14.6. The minimum Gasteiger partial charge on any atom is -0.489 e. The van der Waals surface area contributed by atoms with Gasteiger partial charge in [-0.3, -0.25) is 10.4 Å². The number of allylic oxidation sites excluding steroid dienone is 1. The second-order valence-corrected chi connectivity index (χ2v) is 8.22. The van der Waals surface area contributed by atoms with Crippen LogP contribution >= 0.6 is 23.2 Å². The van der Waals surface area contributed by atoms with Crippen LogP contribution in [0.1, 0.15) is 31.7 Å². The smallest absolute Gasteiger partial charge is 0.225 e. The van der Waals surface area contributed by atoms with Gasteiger partial charge < -0.3 is 9.64 Å². The van der Waals surface area contributed by atoms with E-state index in [1.807, 2.05) is 48.0 Å². The van der Waals surface area contributed by atoms with Gasteiger partial charge in [0.25, 0.3) is 0 Å². The largest absolute Gasteiger partial charge is 0.489 e. The van der Waals surface area contributed by atoms with Gasteiger partial charge in [0.05, 0.1) is 21.9 Å². The number of hydrogen-bond donors (Lipinski definition) is 1. The molecule has 2 aliphatic heterocycles. The topological polar surface area (TPSA) is 53.5 Å². The predicted molar refractivity (Wildman–Crippen MR) is 122 cm³/mol. The number of rotatable bonds is 6. The number of halogens is 2.